The molecule has 1 aliphatic rings. The SMILES string of the molecule is Cc1noc(C)c1CC(=O)N[C@H]1CC(=O)N(CCCc2ccccc2)C1. The zero-order valence-corrected chi connectivity index (χ0v) is 15.3. The predicted molar refractivity (Wildman–Crippen MR) is 97.6 cm³/mol. The summed E-state index contributed by atoms with van der Waals surface area (Å²) in [5.74, 6) is 0.687. The van der Waals surface area contributed by atoms with Crippen molar-refractivity contribution in [2.45, 2.75) is 45.6 Å². The van der Waals surface area contributed by atoms with Crippen molar-refractivity contribution in [2.24, 2.45) is 0 Å². The third-order valence-corrected chi connectivity index (χ3v) is 4.83. The Balaban J connectivity index is 1.44. The fourth-order valence-corrected chi connectivity index (χ4v) is 3.40. The maximum absolute atomic E-state index is 12.3. The summed E-state index contributed by atoms with van der Waals surface area (Å²) >= 11 is 0. The zero-order chi connectivity index (χ0) is 18.5. The maximum atomic E-state index is 12.3. The number of nitrogens with zero attached hydrogens (tertiary/aromatic N) is 2. The van der Waals surface area contributed by atoms with Gasteiger partial charge in [-0.25, -0.2) is 0 Å². The van der Waals surface area contributed by atoms with Gasteiger partial charge in [0.2, 0.25) is 11.8 Å². The van der Waals surface area contributed by atoms with Gasteiger partial charge in [-0.2, -0.15) is 0 Å². The molecule has 26 heavy (non-hydrogen) atoms. The number of likely N-dealkylation sites (tertiary alicyclic amines) is 1. The van der Waals surface area contributed by atoms with Crippen LogP contribution >= 0.6 is 0 Å². The third kappa shape index (κ3) is 4.50. The standard InChI is InChI=1S/C20H25N3O3/c1-14-18(15(2)26-22-14)12-19(24)21-17-11-20(25)23(13-17)10-6-9-16-7-4-3-5-8-16/h3-5,7-8,17H,6,9-13H2,1-2H3,(H,21,24)/t17-/m0/s1. The summed E-state index contributed by atoms with van der Waals surface area (Å²) in [5, 5.41) is 6.84. The molecule has 138 valence electrons. The van der Waals surface area contributed by atoms with Gasteiger partial charge >= 0.3 is 0 Å². The number of nitrogens with one attached hydrogen (secondary N) is 1. The Morgan fingerprint density at radius 2 is 2.08 bits per heavy atom. The molecule has 1 aromatic carbocycles. The van der Waals surface area contributed by atoms with Crippen molar-refractivity contribution < 1.29 is 14.1 Å². The molecule has 0 unspecified atom stereocenters. The number of amides is 2. The number of carbonyl (C=O) groups is 2. The minimum atomic E-state index is -0.118. The van der Waals surface area contributed by atoms with Gasteiger partial charge < -0.3 is 14.7 Å². The van der Waals surface area contributed by atoms with Crippen molar-refractivity contribution in [2.75, 3.05) is 13.1 Å². The Labute approximate surface area is 153 Å². The molecule has 6 nitrogen and oxygen atoms in total. The van der Waals surface area contributed by atoms with Gasteiger partial charge in [-0.3, -0.25) is 9.59 Å². The first-order valence-corrected chi connectivity index (χ1v) is 9.05. The van der Waals surface area contributed by atoms with E-state index in [1.165, 1.54) is 5.56 Å². The second-order valence-corrected chi connectivity index (χ2v) is 6.88. The minimum absolute atomic E-state index is 0.0941. The van der Waals surface area contributed by atoms with E-state index in [0.717, 1.165) is 30.6 Å². The monoisotopic (exact) mass is 355 g/mol. The molecule has 0 aliphatic carbocycles. The van der Waals surface area contributed by atoms with Crippen molar-refractivity contribution in [1.82, 2.24) is 15.4 Å². The first-order chi connectivity index (χ1) is 12.5. The van der Waals surface area contributed by atoms with Gasteiger partial charge in [-0.15, -0.1) is 0 Å². The van der Waals surface area contributed by atoms with Crippen molar-refractivity contribution in [3.8, 4) is 0 Å². The van der Waals surface area contributed by atoms with Crippen LogP contribution in [-0.4, -0.2) is 41.0 Å². The van der Waals surface area contributed by atoms with Crippen LogP contribution < -0.4 is 5.32 Å². The van der Waals surface area contributed by atoms with Gasteiger partial charge in [0.1, 0.15) is 5.76 Å². The molecule has 0 spiro atoms. The Bertz CT molecular complexity index is 750. The van der Waals surface area contributed by atoms with E-state index in [-0.39, 0.29) is 24.3 Å². The molecule has 0 radical (unpaired) electrons. The predicted octanol–water partition coefficient (Wildman–Crippen LogP) is 2.18. The Hall–Kier alpha value is -2.63. The van der Waals surface area contributed by atoms with Crippen LogP contribution in [0.25, 0.3) is 0 Å². The number of hydrogen-bond acceptors (Lipinski definition) is 4. The van der Waals surface area contributed by atoms with Gasteiger partial charge in [-0.1, -0.05) is 35.5 Å². The van der Waals surface area contributed by atoms with Crippen molar-refractivity contribution in [3.63, 3.8) is 0 Å². The molecule has 3 rings (SSSR count). The average Bonchev–Trinajstić information content (AvgIpc) is 3.12. The lowest BCUT2D eigenvalue weighted by Crippen LogP contribution is -2.38. The minimum Gasteiger partial charge on any atom is -0.361 e. The number of hydrogen-bond donors (Lipinski definition) is 1. The largest absolute Gasteiger partial charge is 0.361 e. The van der Waals surface area contributed by atoms with Gasteiger partial charge in [0, 0.05) is 25.1 Å². The molecule has 0 bridgehead atoms. The molecule has 1 saturated heterocycles. The summed E-state index contributed by atoms with van der Waals surface area (Å²) in [6.45, 7) is 4.94. The number of rotatable bonds is 7. The van der Waals surface area contributed by atoms with Crippen LogP contribution in [-0.2, 0) is 22.4 Å². The first kappa shape index (κ1) is 18.2. The van der Waals surface area contributed by atoms with E-state index in [9.17, 15) is 9.59 Å². The summed E-state index contributed by atoms with van der Waals surface area (Å²) in [7, 11) is 0. The Morgan fingerprint density at radius 3 is 2.77 bits per heavy atom. The molecule has 6 heteroatoms. The quantitative estimate of drug-likeness (QED) is 0.826. The molecule has 1 fully saturated rings. The lowest BCUT2D eigenvalue weighted by atomic mass is 10.1. The highest BCUT2D eigenvalue weighted by atomic mass is 16.5. The highest BCUT2D eigenvalue weighted by molar-refractivity contribution is 5.83. The molecule has 2 heterocycles. The molecular formula is C20H25N3O3. The van der Waals surface area contributed by atoms with E-state index >= 15 is 0 Å². The third-order valence-electron chi connectivity index (χ3n) is 4.83. The van der Waals surface area contributed by atoms with Gasteiger partial charge in [0.05, 0.1) is 18.2 Å². The van der Waals surface area contributed by atoms with Gasteiger partial charge in [-0.05, 0) is 32.3 Å². The van der Waals surface area contributed by atoms with Crippen molar-refractivity contribution in [1.29, 1.82) is 0 Å². The van der Waals surface area contributed by atoms with E-state index in [2.05, 4.69) is 22.6 Å². The summed E-state index contributed by atoms with van der Waals surface area (Å²) in [5.41, 5.74) is 2.85. The highest BCUT2D eigenvalue weighted by Crippen LogP contribution is 2.15. The van der Waals surface area contributed by atoms with E-state index in [0.29, 0.717) is 18.7 Å². The molecule has 1 N–H and O–H groups in total. The van der Waals surface area contributed by atoms with Crippen molar-refractivity contribution in [3.05, 3.63) is 52.9 Å². The van der Waals surface area contributed by atoms with Crippen LogP contribution in [0, 0.1) is 13.8 Å². The first-order valence-electron chi connectivity index (χ1n) is 9.05. The topological polar surface area (TPSA) is 75.4 Å². The molecule has 2 aromatic rings. The Morgan fingerprint density at radius 1 is 1.31 bits per heavy atom. The van der Waals surface area contributed by atoms with E-state index in [4.69, 9.17) is 4.52 Å². The second-order valence-electron chi connectivity index (χ2n) is 6.88. The Kier molecular flexibility index (Phi) is 5.71. The number of carbonyl (C=O) groups excluding carboxylic acids is 2. The fraction of sp³-hybridized carbons (Fsp3) is 0.450. The fourth-order valence-electron chi connectivity index (χ4n) is 3.40. The smallest absolute Gasteiger partial charge is 0.224 e. The molecule has 0 saturated carbocycles. The number of aromatic nitrogens is 1. The number of aryl methyl sites for hydroxylation is 3. The van der Waals surface area contributed by atoms with Crippen LogP contribution in [0.15, 0.2) is 34.9 Å². The normalized spacial score (nSPS) is 16.9. The zero-order valence-electron chi connectivity index (χ0n) is 15.3. The van der Waals surface area contributed by atoms with E-state index in [1.54, 1.807) is 6.92 Å². The van der Waals surface area contributed by atoms with Crippen molar-refractivity contribution >= 4 is 11.8 Å². The maximum Gasteiger partial charge on any atom is 0.224 e. The molecular weight excluding hydrogens is 330 g/mol. The van der Waals surface area contributed by atoms with Crippen LogP contribution in [0.2, 0.25) is 0 Å². The molecule has 2 amide bonds. The number of benzene rings is 1. The lowest BCUT2D eigenvalue weighted by Gasteiger charge is -2.17. The summed E-state index contributed by atoms with van der Waals surface area (Å²) in [4.78, 5) is 26.3. The summed E-state index contributed by atoms with van der Waals surface area (Å²) in [6.07, 6.45) is 2.49. The van der Waals surface area contributed by atoms with Crippen LogP contribution in [0.3, 0.4) is 0 Å². The second kappa shape index (κ2) is 8.17. The highest BCUT2D eigenvalue weighted by Gasteiger charge is 2.30. The molecule has 1 aliphatic heterocycles. The van der Waals surface area contributed by atoms with Crippen LogP contribution in [0.4, 0.5) is 0 Å². The van der Waals surface area contributed by atoms with E-state index < -0.39 is 0 Å². The summed E-state index contributed by atoms with van der Waals surface area (Å²) in [6, 6.07) is 10.1. The molecule has 1 aromatic heterocycles. The van der Waals surface area contributed by atoms with Crippen LogP contribution in [0.1, 0.15) is 35.4 Å². The summed E-state index contributed by atoms with van der Waals surface area (Å²) < 4.78 is 5.09. The van der Waals surface area contributed by atoms with E-state index in [1.807, 2.05) is 30.0 Å². The molecule has 1 atom stereocenters. The van der Waals surface area contributed by atoms with Gasteiger partial charge in [0.25, 0.3) is 0 Å². The average molecular weight is 355 g/mol. The lowest BCUT2D eigenvalue weighted by molar-refractivity contribution is -0.127. The van der Waals surface area contributed by atoms with Gasteiger partial charge in [0.15, 0.2) is 0 Å². The van der Waals surface area contributed by atoms with Crippen LogP contribution in [0.5, 0.6) is 0 Å².